The summed E-state index contributed by atoms with van der Waals surface area (Å²) in [5.74, 6) is 0. The molecule has 2 aromatic heterocycles. The lowest BCUT2D eigenvalue weighted by Gasteiger charge is -2.01. The van der Waals surface area contributed by atoms with E-state index in [1.54, 1.807) is 0 Å². The molecule has 2 aromatic rings. The highest BCUT2D eigenvalue weighted by Gasteiger charge is 2.01. The maximum absolute atomic E-state index is 11.6. The maximum atomic E-state index is 11.6. The van der Waals surface area contributed by atoms with Crippen LogP contribution in [0.5, 0.6) is 0 Å². The van der Waals surface area contributed by atoms with Crippen LogP contribution in [0, 0.1) is 0 Å². The molecule has 0 spiro atoms. The van der Waals surface area contributed by atoms with Crippen molar-refractivity contribution in [2.24, 2.45) is 5.73 Å². The van der Waals surface area contributed by atoms with Gasteiger partial charge < -0.3 is 10.7 Å². The lowest BCUT2D eigenvalue weighted by molar-refractivity contribution is 0.944. The average Bonchev–Trinajstić information content (AvgIpc) is 2.18. The first-order valence-electron chi connectivity index (χ1n) is 4.15. The van der Waals surface area contributed by atoms with Crippen molar-refractivity contribution in [2.75, 3.05) is 0 Å². The van der Waals surface area contributed by atoms with Gasteiger partial charge in [-0.1, -0.05) is 0 Å². The lowest BCUT2D eigenvalue weighted by Crippen LogP contribution is -2.22. The van der Waals surface area contributed by atoms with Crippen molar-refractivity contribution in [2.45, 2.75) is 6.54 Å². The molecule has 0 bridgehead atoms. The lowest BCUT2D eigenvalue weighted by atomic mass is 10.3. The molecule has 0 saturated heterocycles. The predicted molar refractivity (Wildman–Crippen MR) is 52.2 cm³/mol. The van der Waals surface area contributed by atoms with Gasteiger partial charge >= 0.3 is 0 Å². The molecule has 72 valence electrons. The first kappa shape index (κ1) is 8.71. The second-order valence-electron chi connectivity index (χ2n) is 2.94. The van der Waals surface area contributed by atoms with Crippen LogP contribution in [0.1, 0.15) is 5.56 Å². The molecule has 5 heteroatoms. The molecule has 0 unspecified atom stereocenters. The normalized spacial score (nSPS) is 10.6. The quantitative estimate of drug-likeness (QED) is 0.634. The van der Waals surface area contributed by atoms with Gasteiger partial charge in [0.1, 0.15) is 5.65 Å². The summed E-state index contributed by atoms with van der Waals surface area (Å²) < 4.78 is 1.36. The number of fused-ring (bicyclic) bond motifs is 1. The number of nitrogens with one attached hydrogen (secondary N) is 1. The number of pyridine rings is 1. The van der Waals surface area contributed by atoms with Crippen molar-refractivity contribution in [3.63, 3.8) is 0 Å². The van der Waals surface area contributed by atoms with E-state index in [0.29, 0.717) is 11.2 Å². The van der Waals surface area contributed by atoms with E-state index >= 15 is 0 Å². The van der Waals surface area contributed by atoms with Crippen LogP contribution in [0.3, 0.4) is 0 Å². The van der Waals surface area contributed by atoms with Crippen molar-refractivity contribution in [1.29, 1.82) is 0 Å². The van der Waals surface area contributed by atoms with Gasteiger partial charge in [-0.2, -0.15) is 0 Å². The maximum Gasteiger partial charge on any atom is 0.262 e. The van der Waals surface area contributed by atoms with Crippen LogP contribution < -0.4 is 16.7 Å². The molecule has 0 radical (unpaired) electrons. The SMILES string of the molecule is NCc1c[nH]c2cc(=O)ccn2c1=O. The summed E-state index contributed by atoms with van der Waals surface area (Å²) >= 11 is 0. The largest absolute Gasteiger partial charge is 0.347 e. The minimum Gasteiger partial charge on any atom is -0.347 e. The van der Waals surface area contributed by atoms with Gasteiger partial charge in [0.05, 0.1) is 0 Å². The summed E-state index contributed by atoms with van der Waals surface area (Å²) in [6.45, 7) is 0.178. The topological polar surface area (TPSA) is 80.4 Å². The summed E-state index contributed by atoms with van der Waals surface area (Å²) in [6.07, 6.45) is 2.97. The number of nitrogens with zero attached hydrogens (tertiary/aromatic N) is 1. The van der Waals surface area contributed by atoms with E-state index in [0.717, 1.165) is 0 Å². The zero-order valence-corrected chi connectivity index (χ0v) is 7.36. The Morgan fingerprint density at radius 1 is 1.43 bits per heavy atom. The first-order valence-corrected chi connectivity index (χ1v) is 4.15. The number of rotatable bonds is 1. The van der Waals surface area contributed by atoms with Gasteiger partial charge in [0, 0.05) is 36.6 Å². The zero-order valence-electron chi connectivity index (χ0n) is 7.36. The second-order valence-corrected chi connectivity index (χ2v) is 2.94. The minimum atomic E-state index is -0.193. The average molecular weight is 191 g/mol. The summed E-state index contributed by atoms with van der Waals surface area (Å²) in [7, 11) is 0. The minimum absolute atomic E-state index is 0.138. The van der Waals surface area contributed by atoms with E-state index in [9.17, 15) is 9.59 Å². The Labute approximate surface area is 78.8 Å². The molecule has 5 nitrogen and oxygen atoms in total. The van der Waals surface area contributed by atoms with E-state index in [1.165, 1.54) is 28.9 Å². The molecule has 2 rings (SSSR count). The van der Waals surface area contributed by atoms with Gasteiger partial charge in [-0.05, 0) is 0 Å². The Balaban J connectivity index is 2.91. The van der Waals surface area contributed by atoms with Crippen LogP contribution in [0.25, 0.3) is 5.65 Å². The number of aromatic nitrogens is 2. The fraction of sp³-hybridized carbons (Fsp3) is 0.111. The predicted octanol–water partition coefficient (Wildman–Crippen LogP) is -0.553. The summed E-state index contributed by atoms with van der Waals surface area (Å²) in [5.41, 5.74) is 6.00. The number of hydrogen-bond acceptors (Lipinski definition) is 3. The molecule has 0 aromatic carbocycles. The van der Waals surface area contributed by atoms with Crippen molar-refractivity contribution in [1.82, 2.24) is 9.38 Å². The third-order valence-electron chi connectivity index (χ3n) is 2.03. The molecule has 0 aliphatic carbocycles. The number of aromatic amines is 1. The molecule has 0 saturated carbocycles. The summed E-state index contributed by atoms with van der Waals surface area (Å²) in [5, 5.41) is 0. The Bertz CT molecular complexity index is 582. The van der Waals surface area contributed by atoms with Crippen LogP contribution in [0.2, 0.25) is 0 Å². The fourth-order valence-corrected chi connectivity index (χ4v) is 1.29. The zero-order chi connectivity index (χ0) is 10.1. The van der Waals surface area contributed by atoms with Gasteiger partial charge in [-0.25, -0.2) is 0 Å². The second kappa shape index (κ2) is 3.12. The van der Waals surface area contributed by atoms with Gasteiger partial charge in [0.15, 0.2) is 5.43 Å². The molecular weight excluding hydrogens is 182 g/mol. The van der Waals surface area contributed by atoms with Gasteiger partial charge in [-0.3, -0.25) is 14.0 Å². The molecule has 0 fully saturated rings. The number of hydrogen-bond donors (Lipinski definition) is 2. The van der Waals surface area contributed by atoms with Crippen molar-refractivity contribution < 1.29 is 0 Å². The molecule has 14 heavy (non-hydrogen) atoms. The van der Waals surface area contributed by atoms with Crippen molar-refractivity contribution >= 4 is 5.65 Å². The van der Waals surface area contributed by atoms with Crippen molar-refractivity contribution in [3.8, 4) is 0 Å². The fourth-order valence-electron chi connectivity index (χ4n) is 1.29. The van der Waals surface area contributed by atoms with Crippen LogP contribution in [0.15, 0.2) is 34.1 Å². The summed E-state index contributed by atoms with van der Waals surface area (Å²) in [6, 6.07) is 2.70. The monoisotopic (exact) mass is 191 g/mol. The number of H-pyrrole nitrogens is 1. The van der Waals surface area contributed by atoms with E-state index < -0.39 is 0 Å². The third kappa shape index (κ3) is 1.23. The summed E-state index contributed by atoms with van der Waals surface area (Å²) in [4.78, 5) is 25.5. The Morgan fingerprint density at radius 3 is 2.93 bits per heavy atom. The van der Waals surface area contributed by atoms with Crippen LogP contribution >= 0.6 is 0 Å². The van der Waals surface area contributed by atoms with Crippen molar-refractivity contribution in [3.05, 3.63) is 50.7 Å². The molecule has 0 atom stereocenters. The van der Waals surface area contributed by atoms with Gasteiger partial charge in [0.2, 0.25) is 0 Å². The highest BCUT2D eigenvalue weighted by atomic mass is 16.1. The van der Waals surface area contributed by atoms with E-state index in [4.69, 9.17) is 5.73 Å². The van der Waals surface area contributed by atoms with Gasteiger partial charge in [0.25, 0.3) is 5.56 Å². The van der Waals surface area contributed by atoms with E-state index in [2.05, 4.69) is 4.98 Å². The molecule has 3 N–H and O–H groups in total. The molecule has 0 aliphatic heterocycles. The smallest absolute Gasteiger partial charge is 0.262 e. The standard InChI is InChI=1S/C9H9N3O2/c10-4-6-5-11-8-3-7(13)1-2-12(8)9(6)14/h1-3,5,11H,4,10H2. The van der Waals surface area contributed by atoms with Crippen LogP contribution in [-0.2, 0) is 6.54 Å². The van der Waals surface area contributed by atoms with E-state index in [-0.39, 0.29) is 17.5 Å². The Kier molecular flexibility index (Phi) is 1.94. The Hall–Kier alpha value is -1.88. The Morgan fingerprint density at radius 2 is 2.21 bits per heavy atom. The number of nitrogens with two attached hydrogens (primary N) is 1. The molecule has 0 aliphatic rings. The molecular formula is C9H9N3O2. The van der Waals surface area contributed by atoms with Gasteiger partial charge in [-0.15, -0.1) is 0 Å². The molecule has 2 heterocycles. The molecule has 0 amide bonds. The highest BCUT2D eigenvalue weighted by molar-refractivity contribution is 5.37. The van der Waals surface area contributed by atoms with Crippen LogP contribution in [0.4, 0.5) is 0 Å². The third-order valence-corrected chi connectivity index (χ3v) is 2.03. The highest BCUT2D eigenvalue weighted by Crippen LogP contribution is 1.93. The van der Waals surface area contributed by atoms with E-state index in [1.807, 2.05) is 0 Å². The van der Waals surface area contributed by atoms with Crippen LogP contribution in [-0.4, -0.2) is 9.38 Å². The first-order chi connectivity index (χ1) is 6.72.